The second-order valence-electron chi connectivity index (χ2n) is 6.52. The summed E-state index contributed by atoms with van der Waals surface area (Å²) in [6.45, 7) is 0.939. The highest BCUT2D eigenvalue weighted by atomic mass is 79.9. The Bertz CT molecular complexity index is 911. The van der Waals surface area contributed by atoms with Gasteiger partial charge in [0.05, 0.1) is 40.3 Å². The van der Waals surface area contributed by atoms with E-state index in [2.05, 4.69) is 31.4 Å². The Morgan fingerprint density at radius 2 is 2.32 bits per heavy atom. The van der Waals surface area contributed by atoms with Crippen molar-refractivity contribution in [3.63, 3.8) is 0 Å². The van der Waals surface area contributed by atoms with Crippen molar-refractivity contribution in [1.29, 1.82) is 0 Å². The molecule has 132 valence electrons. The molecule has 4 heterocycles. The molecule has 0 spiro atoms. The number of hydrogen-bond acceptors (Lipinski definition) is 5. The highest BCUT2D eigenvalue weighted by Crippen LogP contribution is 2.35. The number of aliphatic hydroxyl groups is 1. The van der Waals surface area contributed by atoms with E-state index in [0.29, 0.717) is 5.82 Å². The van der Waals surface area contributed by atoms with Crippen LogP contribution in [0.25, 0.3) is 16.8 Å². The molecule has 0 unspecified atom stereocenters. The fourth-order valence-electron chi connectivity index (χ4n) is 3.39. The smallest absolute Gasteiger partial charge is 0.203 e. The average molecular weight is 407 g/mol. The number of halogens is 1. The summed E-state index contributed by atoms with van der Waals surface area (Å²) < 4.78 is 4.34. The predicted molar refractivity (Wildman–Crippen MR) is 96.9 cm³/mol. The van der Waals surface area contributed by atoms with Gasteiger partial charge >= 0.3 is 0 Å². The van der Waals surface area contributed by atoms with Crippen LogP contribution in [-0.2, 0) is 7.05 Å². The molecule has 1 fully saturated rings. The predicted octanol–water partition coefficient (Wildman–Crippen LogP) is 0.721. The lowest BCUT2D eigenvalue weighted by atomic mass is 9.92. The number of aromatic nitrogens is 5. The van der Waals surface area contributed by atoms with Crippen LogP contribution in [0, 0.1) is 0 Å². The SMILES string of the molecule is C[n+]1cc(-c2cnn3c(N)c(Br)c([C@H]4CC[C@@H](CO)NC4)nc23)c[nH]1. The summed E-state index contributed by atoms with van der Waals surface area (Å²) >= 11 is 3.60. The Morgan fingerprint density at radius 1 is 1.48 bits per heavy atom. The number of nitrogens with zero attached hydrogens (tertiary/aromatic N) is 4. The van der Waals surface area contributed by atoms with Crippen LogP contribution < -0.4 is 15.7 Å². The fraction of sp³-hybridized carbons (Fsp3) is 0.438. The van der Waals surface area contributed by atoms with Crippen molar-refractivity contribution < 1.29 is 9.79 Å². The second kappa shape index (κ2) is 6.40. The van der Waals surface area contributed by atoms with Gasteiger partial charge in [-0.1, -0.05) is 0 Å². The molecule has 3 aromatic rings. The Kier molecular flexibility index (Phi) is 4.22. The molecule has 1 aliphatic rings. The molecule has 0 amide bonds. The topological polar surface area (TPSA) is 108 Å². The number of nitrogen functional groups attached to an aromatic ring is 1. The van der Waals surface area contributed by atoms with E-state index in [1.54, 1.807) is 10.7 Å². The van der Waals surface area contributed by atoms with Crippen LogP contribution in [0.15, 0.2) is 23.1 Å². The van der Waals surface area contributed by atoms with Crippen LogP contribution in [0.3, 0.4) is 0 Å². The zero-order valence-electron chi connectivity index (χ0n) is 13.9. The molecule has 0 saturated carbocycles. The minimum Gasteiger partial charge on any atom is -0.395 e. The first-order valence-electron chi connectivity index (χ1n) is 8.29. The maximum atomic E-state index is 9.30. The van der Waals surface area contributed by atoms with Crippen molar-refractivity contribution in [1.82, 2.24) is 25.0 Å². The van der Waals surface area contributed by atoms with Gasteiger partial charge in [0.15, 0.2) is 12.7 Å². The van der Waals surface area contributed by atoms with Crippen molar-refractivity contribution in [2.24, 2.45) is 7.05 Å². The number of fused-ring (bicyclic) bond motifs is 1. The van der Waals surface area contributed by atoms with Gasteiger partial charge in [-0.2, -0.15) is 14.7 Å². The lowest BCUT2D eigenvalue weighted by molar-refractivity contribution is -0.726. The molecule has 9 heteroatoms. The largest absolute Gasteiger partial charge is 0.395 e. The molecular formula is C16H21BrN7O+. The van der Waals surface area contributed by atoms with E-state index in [4.69, 9.17) is 10.7 Å². The van der Waals surface area contributed by atoms with Crippen molar-refractivity contribution in [3.05, 3.63) is 28.8 Å². The zero-order valence-corrected chi connectivity index (χ0v) is 15.5. The summed E-state index contributed by atoms with van der Waals surface area (Å²) in [6.07, 6.45) is 7.58. The van der Waals surface area contributed by atoms with E-state index in [-0.39, 0.29) is 18.6 Å². The highest BCUT2D eigenvalue weighted by Gasteiger charge is 2.27. The van der Waals surface area contributed by atoms with Gasteiger partial charge < -0.3 is 16.2 Å². The molecule has 2 atom stereocenters. The molecule has 0 bridgehead atoms. The van der Waals surface area contributed by atoms with Gasteiger partial charge in [-0.05, 0) is 28.8 Å². The molecule has 0 aromatic carbocycles. The lowest BCUT2D eigenvalue weighted by Gasteiger charge is -2.29. The van der Waals surface area contributed by atoms with E-state index in [9.17, 15) is 5.11 Å². The summed E-state index contributed by atoms with van der Waals surface area (Å²) in [5, 5.41) is 20.2. The number of hydrogen-bond donors (Lipinski definition) is 4. The van der Waals surface area contributed by atoms with Crippen LogP contribution in [0.5, 0.6) is 0 Å². The van der Waals surface area contributed by atoms with Crippen molar-refractivity contribution in [2.75, 3.05) is 18.9 Å². The fourth-order valence-corrected chi connectivity index (χ4v) is 3.97. The Morgan fingerprint density at radius 3 is 2.96 bits per heavy atom. The van der Waals surface area contributed by atoms with Gasteiger partial charge in [0.2, 0.25) is 6.20 Å². The first-order valence-corrected chi connectivity index (χ1v) is 9.09. The van der Waals surface area contributed by atoms with Gasteiger partial charge in [-0.15, -0.1) is 4.68 Å². The van der Waals surface area contributed by atoms with E-state index < -0.39 is 0 Å². The second-order valence-corrected chi connectivity index (χ2v) is 7.31. The van der Waals surface area contributed by atoms with Crippen LogP contribution >= 0.6 is 15.9 Å². The molecule has 1 saturated heterocycles. The van der Waals surface area contributed by atoms with Gasteiger partial charge in [0.1, 0.15) is 5.82 Å². The summed E-state index contributed by atoms with van der Waals surface area (Å²) in [6, 6.07) is 0.168. The van der Waals surface area contributed by atoms with Crippen LogP contribution in [0.1, 0.15) is 24.5 Å². The molecule has 25 heavy (non-hydrogen) atoms. The third kappa shape index (κ3) is 2.82. The van der Waals surface area contributed by atoms with Crippen LogP contribution in [-0.4, -0.2) is 44.0 Å². The first-order chi connectivity index (χ1) is 12.1. The molecular weight excluding hydrogens is 386 g/mol. The monoisotopic (exact) mass is 406 g/mol. The summed E-state index contributed by atoms with van der Waals surface area (Å²) in [5.41, 5.74) is 9.96. The minimum atomic E-state index is 0.166. The Hall–Kier alpha value is -1.97. The van der Waals surface area contributed by atoms with Crippen LogP contribution in [0.4, 0.5) is 5.82 Å². The number of aliphatic hydroxyl groups excluding tert-OH is 1. The number of piperidine rings is 1. The average Bonchev–Trinajstić information content (AvgIpc) is 3.24. The number of aryl methyl sites for hydroxylation is 1. The van der Waals surface area contributed by atoms with E-state index in [1.165, 1.54) is 0 Å². The van der Waals surface area contributed by atoms with Crippen molar-refractivity contribution in [2.45, 2.75) is 24.8 Å². The third-order valence-corrected chi connectivity index (χ3v) is 5.65. The van der Waals surface area contributed by atoms with Crippen LogP contribution in [0.2, 0.25) is 0 Å². The van der Waals surface area contributed by atoms with Gasteiger partial charge in [-0.3, -0.25) is 0 Å². The quantitative estimate of drug-likeness (QED) is 0.479. The first kappa shape index (κ1) is 16.5. The standard InChI is InChI=1S/C16H20BrN7O/c1-23-7-10(5-20-23)12-6-21-24-15(18)13(17)14(22-16(12)24)9-2-3-11(8-25)19-4-9/h5-7,9,11,19,25H,2-4,8H2,1H3,(H2,18,21,22)/p+1/t9-,11-/m0/s1. The normalized spacial score (nSPS) is 21.1. The van der Waals surface area contributed by atoms with E-state index in [0.717, 1.165) is 46.3 Å². The van der Waals surface area contributed by atoms with E-state index in [1.807, 2.05) is 24.1 Å². The van der Waals surface area contributed by atoms with Gasteiger partial charge in [0, 0.05) is 18.5 Å². The van der Waals surface area contributed by atoms with Crippen molar-refractivity contribution >= 4 is 27.4 Å². The Balaban J connectivity index is 1.79. The van der Waals surface area contributed by atoms with Crippen molar-refractivity contribution in [3.8, 4) is 11.1 Å². The molecule has 5 N–H and O–H groups in total. The number of aromatic amines is 1. The maximum absolute atomic E-state index is 9.30. The number of H-pyrrole nitrogens is 1. The maximum Gasteiger partial charge on any atom is 0.203 e. The number of nitrogens with two attached hydrogens (primary N) is 1. The minimum absolute atomic E-state index is 0.166. The molecule has 0 aliphatic carbocycles. The molecule has 8 nitrogen and oxygen atoms in total. The number of anilines is 1. The lowest BCUT2D eigenvalue weighted by Crippen LogP contribution is -2.40. The van der Waals surface area contributed by atoms with E-state index >= 15 is 0 Å². The number of nitrogens with one attached hydrogen (secondary N) is 2. The molecule has 3 aromatic heterocycles. The third-order valence-electron chi connectivity index (χ3n) is 4.84. The van der Waals surface area contributed by atoms with Gasteiger partial charge in [0.25, 0.3) is 0 Å². The Labute approximate surface area is 153 Å². The summed E-state index contributed by atoms with van der Waals surface area (Å²) in [4.78, 5) is 4.90. The van der Waals surface area contributed by atoms with Gasteiger partial charge in [-0.25, -0.2) is 4.98 Å². The molecule has 0 radical (unpaired) electrons. The highest BCUT2D eigenvalue weighted by molar-refractivity contribution is 9.10. The molecule has 1 aliphatic heterocycles. The molecule has 4 rings (SSSR count). The summed E-state index contributed by atoms with van der Waals surface area (Å²) in [5.74, 6) is 0.796. The zero-order chi connectivity index (χ0) is 17.6. The summed E-state index contributed by atoms with van der Waals surface area (Å²) in [7, 11) is 1.93. The number of rotatable bonds is 3.